The Bertz CT molecular complexity index is 1220. The molecule has 0 aliphatic heterocycles. The lowest BCUT2D eigenvalue weighted by Crippen LogP contribution is -2.16. The average molecular weight is 536 g/mol. The van der Waals surface area contributed by atoms with Gasteiger partial charge in [-0.25, -0.2) is 0 Å². The molecule has 210 valence electrons. The molecule has 0 radical (unpaired) electrons. The Balaban J connectivity index is 1.81. The van der Waals surface area contributed by atoms with E-state index in [1.807, 2.05) is 12.1 Å². The quantitative estimate of drug-likeness (QED) is 0.219. The molecule has 1 aliphatic carbocycles. The van der Waals surface area contributed by atoms with Crippen molar-refractivity contribution in [1.82, 2.24) is 0 Å². The molecule has 0 heterocycles. The summed E-state index contributed by atoms with van der Waals surface area (Å²) in [6.45, 7) is 10.2. The summed E-state index contributed by atoms with van der Waals surface area (Å²) in [6.07, 6.45) is 6.79. The van der Waals surface area contributed by atoms with Crippen molar-refractivity contribution in [2.45, 2.75) is 85.9 Å². The third-order valence-electron chi connectivity index (χ3n) is 8.09. The summed E-state index contributed by atoms with van der Waals surface area (Å²) in [5, 5.41) is 9.74. The largest absolute Gasteiger partial charge is 0.488 e. The van der Waals surface area contributed by atoms with Crippen LogP contribution in [0.25, 0.3) is 5.57 Å². The number of ether oxygens (including phenoxy) is 2. The van der Waals surface area contributed by atoms with Gasteiger partial charge in [0.15, 0.2) is 0 Å². The van der Waals surface area contributed by atoms with Gasteiger partial charge in [-0.15, -0.1) is 0 Å². The van der Waals surface area contributed by atoms with E-state index in [2.05, 4.69) is 94.4 Å². The molecule has 0 saturated heterocycles. The van der Waals surface area contributed by atoms with Gasteiger partial charge in [0, 0.05) is 0 Å². The van der Waals surface area contributed by atoms with E-state index < -0.39 is 0 Å². The lowest BCUT2D eigenvalue weighted by molar-refractivity contribution is 0.286. The maximum absolute atomic E-state index is 9.74. The first-order valence-corrected chi connectivity index (χ1v) is 15.0. The van der Waals surface area contributed by atoms with E-state index in [0.29, 0.717) is 37.4 Å². The molecule has 1 atom stereocenters. The first-order valence-electron chi connectivity index (χ1n) is 15.0. The van der Waals surface area contributed by atoms with Crippen molar-refractivity contribution in [1.29, 1.82) is 5.26 Å². The lowest BCUT2D eigenvalue weighted by atomic mass is 9.75. The van der Waals surface area contributed by atoms with Gasteiger partial charge in [0.2, 0.25) is 0 Å². The number of aryl methyl sites for hydroxylation is 1. The minimum absolute atomic E-state index is 0.451. The highest BCUT2D eigenvalue weighted by Gasteiger charge is 2.28. The zero-order valence-electron chi connectivity index (χ0n) is 24.8. The molecule has 0 aromatic heterocycles. The van der Waals surface area contributed by atoms with Crippen LogP contribution in [-0.2, 0) is 19.6 Å². The van der Waals surface area contributed by atoms with Crippen LogP contribution in [0.3, 0.4) is 0 Å². The topological polar surface area (TPSA) is 42.2 Å². The molecule has 40 heavy (non-hydrogen) atoms. The molecule has 0 N–H and O–H groups in total. The minimum Gasteiger partial charge on any atom is -0.488 e. The Morgan fingerprint density at radius 3 is 1.90 bits per heavy atom. The van der Waals surface area contributed by atoms with E-state index in [0.717, 1.165) is 60.3 Å². The standard InChI is InChI=1S/C37H45NO2/c1-27(2)12-11-17-31-22-35(39-25-29-13-7-5-8-14-29)37(36(23-31)40-26-30-15-9-6-10-16-30)34-24-33(28(3)4)19-18-32(34)20-21-38/h5-10,13-16,22-23,27-28,33H,11-12,17-20,24-26H2,1-4H3. The second kappa shape index (κ2) is 14.8. The number of nitriles is 1. The summed E-state index contributed by atoms with van der Waals surface area (Å²) in [5.41, 5.74) is 7.07. The third kappa shape index (κ3) is 8.25. The Hall–Kier alpha value is -3.51. The monoisotopic (exact) mass is 535 g/mol. The molecule has 1 unspecified atom stereocenters. The fourth-order valence-corrected chi connectivity index (χ4v) is 5.66. The van der Waals surface area contributed by atoms with E-state index in [4.69, 9.17) is 9.47 Å². The first-order chi connectivity index (χ1) is 19.4. The normalized spacial score (nSPS) is 15.4. The molecule has 4 rings (SSSR count). The van der Waals surface area contributed by atoms with Crippen LogP contribution in [0.1, 0.15) is 88.5 Å². The van der Waals surface area contributed by atoms with Crippen LogP contribution in [0.15, 0.2) is 78.4 Å². The fraction of sp³-hybridized carbons (Fsp3) is 0.432. The van der Waals surface area contributed by atoms with Gasteiger partial charge in [-0.1, -0.05) is 100 Å². The van der Waals surface area contributed by atoms with Gasteiger partial charge in [0.25, 0.3) is 0 Å². The van der Waals surface area contributed by atoms with Gasteiger partial charge in [0.1, 0.15) is 24.7 Å². The minimum atomic E-state index is 0.451. The second-order valence-electron chi connectivity index (χ2n) is 12.0. The van der Waals surface area contributed by atoms with Gasteiger partial charge in [-0.2, -0.15) is 5.26 Å². The van der Waals surface area contributed by atoms with Gasteiger partial charge in [-0.3, -0.25) is 0 Å². The van der Waals surface area contributed by atoms with Gasteiger partial charge in [-0.05, 0) is 84.3 Å². The fourth-order valence-electron chi connectivity index (χ4n) is 5.66. The summed E-state index contributed by atoms with van der Waals surface area (Å²) in [6, 6.07) is 27.6. The molecule has 0 saturated carbocycles. The van der Waals surface area contributed by atoms with Crippen molar-refractivity contribution in [2.75, 3.05) is 0 Å². The Morgan fingerprint density at radius 1 is 0.825 bits per heavy atom. The van der Waals surface area contributed by atoms with Gasteiger partial charge >= 0.3 is 0 Å². The van der Waals surface area contributed by atoms with E-state index in [9.17, 15) is 5.26 Å². The van der Waals surface area contributed by atoms with Crippen LogP contribution in [0, 0.1) is 29.1 Å². The van der Waals surface area contributed by atoms with Crippen molar-refractivity contribution in [2.24, 2.45) is 17.8 Å². The Kier molecular flexibility index (Phi) is 10.9. The van der Waals surface area contributed by atoms with Crippen molar-refractivity contribution < 1.29 is 9.47 Å². The van der Waals surface area contributed by atoms with Crippen LogP contribution in [0.5, 0.6) is 11.5 Å². The highest BCUT2D eigenvalue weighted by molar-refractivity contribution is 5.79. The zero-order chi connectivity index (χ0) is 28.3. The summed E-state index contributed by atoms with van der Waals surface area (Å²) in [5.74, 6) is 3.59. The molecular formula is C37H45NO2. The summed E-state index contributed by atoms with van der Waals surface area (Å²) in [7, 11) is 0. The lowest BCUT2D eigenvalue weighted by Gasteiger charge is -2.31. The number of nitrogens with zero attached hydrogens (tertiary/aromatic N) is 1. The molecule has 0 fully saturated rings. The molecular weight excluding hydrogens is 490 g/mol. The Labute approximate surface area is 241 Å². The summed E-state index contributed by atoms with van der Waals surface area (Å²) < 4.78 is 13.3. The average Bonchev–Trinajstić information content (AvgIpc) is 2.96. The predicted octanol–water partition coefficient (Wildman–Crippen LogP) is 9.95. The van der Waals surface area contributed by atoms with Crippen LogP contribution >= 0.6 is 0 Å². The Morgan fingerprint density at radius 2 is 1.40 bits per heavy atom. The molecule has 0 bridgehead atoms. The smallest absolute Gasteiger partial charge is 0.131 e. The van der Waals surface area contributed by atoms with Gasteiger partial charge in [0.05, 0.1) is 18.1 Å². The SMILES string of the molecule is CC(C)CCCc1cc(OCc2ccccc2)c(C2=C(CC#N)CCC(C(C)C)C2)c(OCc2ccccc2)c1. The number of benzene rings is 3. The third-order valence-corrected chi connectivity index (χ3v) is 8.09. The van der Waals surface area contributed by atoms with E-state index in [1.54, 1.807) is 0 Å². The maximum atomic E-state index is 9.74. The van der Waals surface area contributed by atoms with Crippen molar-refractivity contribution in [3.05, 3.63) is 101 Å². The number of allylic oxidation sites excluding steroid dienone is 2. The summed E-state index contributed by atoms with van der Waals surface area (Å²) in [4.78, 5) is 0. The van der Waals surface area contributed by atoms with E-state index >= 15 is 0 Å². The molecule has 3 heteroatoms. The number of rotatable bonds is 13. The highest BCUT2D eigenvalue weighted by Crippen LogP contribution is 2.47. The molecule has 3 aromatic rings. The first kappa shape index (κ1) is 29.5. The highest BCUT2D eigenvalue weighted by atomic mass is 16.5. The zero-order valence-corrected chi connectivity index (χ0v) is 24.8. The number of hydrogen-bond acceptors (Lipinski definition) is 3. The van der Waals surface area contributed by atoms with Gasteiger partial charge < -0.3 is 9.47 Å². The summed E-state index contributed by atoms with van der Waals surface area (Å²) >= 11 is 0. The molecule has 3 aromatic carbocycles. The predicted molar refractivity (Wildman–Crippen MR) is 165 cm³/mol. The van der Waals surface area contributed by atoms with Crippen LogP contribution in [-0.4, -0.2) is 0 Å². The molecule has 0 spiro atoms. The van der Waals surface area contributed by atoms with E-state index in [-0.39, 0.29) is 0 Å². The maximum Gasteiger partial charge on any atom is 0.131 e. The van der Waals surface area contributed by atoms with E-state index in [1.165, 1.54) is 23.1 Å². The molecule has 1 aliphatic rings. The molecule has 3 nitrogen and oxygen atoms in total. The van der Waals surface area contributed by atoms with Crippen molar-refractivity contribution in [3.8, 4) is 17.6 Å². The second-order valence-corrected chi connectivity index (χ2v) is 12.0. The van der Waals surface area contributed by atoms with Crippen LogP contribution in [0.4, 0.5) is 0 Å². The van der Waals surface area contributed by atoms with Crippen molar-refractivity contribution in [3.63, 3.8) is 0 Å². The van der Waals surface area contributed by atoms with Crippen LogP contribution < -0.4 is 9.47 Å². The van der Waals surface area contributed by atoms with Crippen molar-refractivity contribution >= 4 is 5.57 Å². The number of hydrogen-bond donors (Lipinski definition) is 0. The van der Waals surface area contributed by atoms with Crippen LogP contribution in [0.2, 0.25) is 0 Å². The molecule has 0 amide bonds.